The largest absolute Gasteiger partial charge is 0.465 e. The molecule has 1 atom stereocenters. The molecule has 0 aliphatic rings. The summed E-state index contributed by atoms with van der Waals surface area (Å²) in [5.41, 5.74) is 4.37. The van der Waals surface area contributed by atoms with Crippen LogP contribution < -0.4 is 0 Å². The molecule has 2 aromatic carbocycles. The molecule has 0 saturated heterocycles. The second kappa shape index (κ2) is 9.58. The number of fused-ring (bicyclic) bond motifs is 1. The second-order valence-corrected chi connectivity index (χ2v) is 7.52. The van der Waals surface area contributed by atoms with Crippen molar-refractivity contribution in [1.29, 1.82) is 0 Å². The van der Waals surface area contributed by atoms with Crippen molar-refractivity contribution >= 4 is 35.4 Å². The number of aromatic nitrogens is 3. The van der Waals surface area contributed by atoms with Crippen LogP contribution in [0.25, 0.3) is 17.8 Å². The van der Waals surface area contributed by atoms with Crippen LogP contribution in [0.5, 0.6) is 0 Å². The van der Waals surface area contributed by atoms with Crippen LogP contribution in [0.15, 0.2) is 73.1 Å². The zero-order valence-electron chi connectivity index (χ0n) is 17.1. The molecule has 0 bridgehead atoms. The Kier molecular flexibility index (Phi) is 6.43. The summed E-state index contributed by atoms with van der Waals surface area (Å²) in [7, 11) is 0. The topological polar surface area (TPSA) is 56.5 Å². The first-order valence-corrected chi connectivity index (χ1v) is 10.5. The van der Waals surface area contributed by atoms with E-state index < -0.39 is 5.92 Å². The fraction of sp³-hybridized carbons (Fsp3) is 0.160. The number of halogens is 1. The maximum absolute atomic E-state index is 12.8. The standard InChI is InChI=1S/C25H22ClN3O2/c1-2-31-25(30)22(16-19-6-4-3-5-7-19)23-14-15-27-24-20(17-28-29(23)24)11-8-18-9-12-21(26)13-10-18/h3-15,17,22H,2,16H2,1H3/b11-8+. The summed E-state index contributed by atoms with van der Waals surface area (Å²) in [6.45, 7) is 2.14. The van der Waals surface area contributed by atoms with Gasteiger partial charge in [0.25, 0.3) is 0 Å². The molecular formula is C25H22ClN3O2. The van der Waals surface area contributed by atoms with Crippen LogP contribution in [0, 0.1) is 0 Å². The molecule has 0 fully saturated rings. The second-order valence-electron chi connectivity index (χ2n) is 7.08. The van der Waals surface area contributed by atoms with Gasteiger partial charge in [-0.2, -0.15) is 5.10 Å². The lowest BCUT2D eigenvalue weighted by Crippen LogP contribution is -2.21. The Bertz CT molecular complexity index is 1200. The lowest BCUT2D eigenvalue weighted by molar-refractivity contribution is -0.145. The number of hydrogen-bond acceptors (Lipinski definition) is 4. The summed E-state index contributed by atoms with van der Waals surface area (Å²) in [4.78, 5) is 17.3. The van der Waals surface area contributed by atoms with E-state index in [0.29, 0.717) is 23.7 Å². The maximum Gasteiger partial charge on any atom is 0.315 e. The fourth-order valence-corrected chi connectivity index (χ4v) is 3.60. The average Bonchev–Trinajstić information content (AvgIpc) is 3.21. The van der Waals surface area contributed by atoms with E-state index in [0.717, 1.165) is 22.4 Å². The molecule has 156 valence electrons. The van der Waals surface area contributed by atoms with Crippen LogP contribution in [-0.2, 0) is 16.0 Å². The smallest absolute Gasteiger partial charge is 0.315 e. The lowest BCUT2D eigenvalue weighted by Gasteiger charge is -2.17. The minimum absolute atomic E-state index is 0.271. The van der Waals surface area contributed by atoms with E-state index in [4.69, 9.17) is 16.3 Å². The van der Waals surface area contributed by atoms with Gasteiger partial charge in [0.2, 0.25) is 0 Å². The van der Waals surface area contributed by atoms with Gasteiger partial charge < -0.3 is 4.74 Å². The van der Waals surface area contributed by atoms with E-state index >= 15 is 0 Å². The molecule has 0 radical (unpaired) electrons. The van der Waals surface area contributed by atoms with E-state index in [9.17, 15) is 4.79 Å². The van der Waals surface area contributed by atoms with E-state index in [1.54, 1.807) is 16.9 Å². The van der Waals surface area contributed by atoms with Crippen molar-refractivity contribution in [3.05, 3.63) is 100 Å². The van der Waals surface area contributed by atoms with Crippen molar-refractivity contribution in [3.8, 4) is 0 Å². The molecule has 0 aliphatic carbocycles. The first kappa shape index (κ1) is 20.8. The molecule has 31 heavy (non-hydrogen) atoms. The molecule has 0 amide bonds. The Morgan fingerprint density at radius 2 is 1.87 bits per heavy atom. The zero-order valence-corrected chi connectivity index (χ0v) is 17.9. The number of carbonyl (C=O) groups excluding carboxylic acids is 1. The number of rotatable bonds is 7. The monoisotopic (exact) mass is 431 g/mol. The predicted octanol–water partition coefficient (Wildman–Crippen LogP) is 5.44. The molecule has 2 aromatic heterocycles. The lowest BCUT2D eigenvalue weighted by atomic mass is 9.96. The summed E-state index contributed by atoms with van der Waals surface area (Å²) >= 11 is 5.96. The normalized spacial score (nSPS) is 12.3. The third-order valence-electron chi connectivity index (χ3n) is 4.99. The summed E-state index contributed by atoms with van der Waals surface area (Å²) < 4.78 is 7.10. The van der Waals surface area contributed by atoms with E-state index in [1.165, 1.54) is 0 Å². The van der Waals surface area contributed by atoms with Gasteiger partial charge in [0.15, 0.2) is 5.65 Å². The molecule has 0 N–H and O–H groups in total. The van der Waals surface area contributed by atoms with Crippen LogP contribution in [0.2, 0.25) is 5.02 Å². The van der Waals surface area contributed by atoms with Gasteiger partial charge >= 0.3 is 5.97 Å². The van der Waals surface area contributed by atoms with E-state index in [2.05, 4.69) is 10.1 Å². The molecule has 0 aliphatic heterocycles. The van der Waals surface area contributed by atoms with Gasteiger partial charge in [-0.3, -0.25) is 4.79 Å². The highest BCUT2D eigenvalue weighted by molar-refractivity contribution is 6.30. The van der Waals surface area contributed by atoms with Crippen molar-refractivity contribution in [2.45, 2.75) is 19.3 Å². The number of hydrogen-bond donors (Lipinski definition) is 0. The third kappa shape index (κ3) is 4.84. The highest BCUT2D eigenvalue weighted by Gasteiger charge is 2.26. The molecule has 6 heteroatoms. The maximum atomic E-state index is 12.8. The van der Waals surface area contributed by atoms with Gasteiger partial charge in [0, 0.05) is 16.8 Å². The minimum Gasteiger partial charge on any atom is -0.465 e. The van der Waals surface area contributed by atoms with Crippen LogP contribution >= 0.6 is 11.6 Å². The van der Waals surface area contributed by atoms with E-state index in [1.807, 2.05) is 79.7 Å². The van der Waals surface area contributed by atoms with Crippen molar-refractivity contribution in [2.75, 3.05) is 6.61 Å². The van der Waals surface area contributed by atoms with Crippen molar-refractivity contribution in [1.82, 2.24) is 14.6 Å². The highest BCUT2D eigenvalue weighted by atomic mass is 35.5. The van der Waals surface area contributed by atoms with Gasteiger partial charge in [-0.15, -0.1) is 0 Å². The molecule has 1 unspecified atom stereocenters. The number of esters is 1. The molecule has 5 nitrogen and oxygen atoms in total. The van der Waals surface area contributed by atoms with Gasteiger partial charge in [0.05, 0.1) is 18.5 Å². The molecule has 2 heterocycles. The van der Waals surface area contributed by atoms with E-state index in [-0.39, 0.29) is 5.97 Å². The van der Waals surface area contributed by atoms with Crippen LogP contribution in [0.4, 0.5) is 0 Å². The van der Waals surface area contributed by atoms with Gasteiger partial charge in [-0.05, 0) is 48.7 Å². The number of carbonyl (C=O) groups is 1. The third-order valence-corrected chi connectivity index (χ3v) is 5.25. The summed E-state index contributed by atoms with van der Waals surface area (Å²) in [5, 5.41) is 5.22. The molecule has 4 aromatic rings. The van der Waals surface area contributed by atoms with Gasteiger partial charge in [0.1, 0.15) is 5.92 Å². The van der Waals surface area contributed by atoms with Gasteiger partial charge in [-0.1, -0.05) is 60.1 Å². The summed E-state index contributed by atoms with van der Waals surface area (Å²) in [5.74, 6) is -0.756. The average molecular weight is 432 g/mol. The van der Waals surface area contributed by atoms with Gasteiger partial charge in [-0.25, -0.2) is 9.50 Å². The SMILES string of the molecule is CCOC(=O)C(Cc1ccccc1)c1ccnc2c(/C=C/c3ccc(Cl)cc3)cnn12. The number of benzene rings is 2. The Balaban J connectivity index is 1.70. The van der Waals surface area contributed by atoms with Crippen LogP contribution in [0.1, 0.15) is 35.2 Å². The first-order chi connectivity index (χ1) is 15.2. The fourth-order valence-electron chi connectivity index (χ4n) is 3.47. The minimum atomic E-state index is -0.485. The molecule has 0 saturated carbocycles. The van der Waals surface area contributed by atoms with Crippen LogP contribution in [-0.4, -0.2) is 27.2 Å². The first-order valence-electron chi connectivity index (χ1n) is 10.1. The quantitative estimate of drug-likeness (QED) is 0.365. The molecular weight excluding hydrogens is 410 g/mol. The summed E-state index contributed by atoms with van der Waals surface area (Å²) in [6.07, 6.45) is 7.92. The summed E-state index contributed by atoms with van der Waals surface area (Å²) in [6, 6.07) is 19.3. The van der Waals surface area contributed by atoms with Crippen LogP contribution in [0.3, 0.4) is 0 Å². The van der Waals surface area contributed by atoms with Crippen molar-refractivity contribution in [2.24, 2.45) is 0 Å². The number of nitrogens with zero attached hydrogens (tertiary/aromatic N) is 3. The Labute approximate surface area is 186 Å². The Morgan fingerprint density at radius 1 is 1.10 bits per heavy atom. The Hall–Kier alpha value is -3.44. The predicted molar refractivity (Wildman–Crippen MR) is 123 cm³/mol. The van der Waals surface area contributed by atoms with Crippen molar-refractivity contribution < 1.29 is 9.53 Å². The zero-order chi connectivity index (χ0) is 21.6. The molecule has 4 rings (SSSR count). The molecule has 0 spiro atoms. The Morgan fingerprint density at radius 3 is 2.61 bits per heavy atom. The number of ether oxygens (including phenoxy) is 1. The highest BCUT2D eigenvalue weighted by Crippen LogP contribution is 2.24. The van der Waals surface area contributed by atoms with Crippen molar-refractivity contribution in [3.63, 3.8) is 0 Å².